The van der Waals surface area contributed by atoms with Gasteiger partial charge in [-0.2, -0.15) is 0 Å². The molecule has 2 amide bonds. The molecular formula is C21H21N3O4. The highest BCUT2D eigenvalue weighted by atomic mass is 16.5. The molecule has 0 aliphatic heterocycles. The molecule has 1 heterocycles. The fourth-order valence-electron chi connectivity index (χ4n) is 2.65. The fraction of sp³-hybridized carbons (Fsp3) is 0.190. The van der Waals surface area contributed by atoms with E-state index < -0.39 is 5.91 Å². The Morgan fingerprint density at radius 2 is 1.64 bits per heavy atom. The van der Waals surface area contributed by atoms with E-state index in [1.165, 1.54) is 0 Å². The molecule has 2 aromatic carbocycles. The molecule has 3 aromatic rings. The molecule has 7 heteroatoms. The van der Waals surface area contributed by atoms with Crippen LogP contribution in [0.2, 0.25) is 0 Å². The monoisotopic (exact) mass is 379 g/mol. The number of aromatic nitrogens is 1. The summed E-state index contributed by atoms with van der Waals surface area (Å²) in [5.74, 6) is 0.545. The van der Waals surface area contributed by atoms with Crippen molar-refractivity contribution >= 4 is 11.8 Å². The molecule has 0 saturated heterocycles. The molecule has 1 aromatic heterocycles. The second-order valence-corrected chi connectivity index (χ2v) is 6.34. The van der Waals surface area contributed by atoms with Crippen molar-refractivity contribution in [3.05, 3.63) is 82.2 Å². The van der Waals surface area contributed by atoms with Gasteiger partial charge in [0.2, 0.25) is 0 Å². The number of hydrogen-bond acceptors (Lipinski definition) is 5. The molecule has 0 fully saturated rings. The van der Waals surface area contributed by atoms with E-state index in [1.54, 1.807) is 36.4 Å². The minimum Gasteiger partial charge on any atom is -0.489 e. The van der Waals surface area contributed by atoms with Crippen LogP contribution in [-0.4, -0.2) is 17.0 Å². The van der Waals surface area contributed by atoms with Crippen molar-refractivity contribution in [1.82, 2.24) is 16.0 Å². The van der Waals surface area contributed by atoms with Crippen LogP contribution in [0.5, 0.6) is 5.75 Å². The molecule has 7 nitrogen and oxygen atoms in total. The number of benzene rings is 2. The number of carbonyl (C=O) groups excluding carboxylic acids is 2. The van der Waals surface area contributed by atoms with Crippen LogP contribution in [0, 0.1) is 20.8 Å². The van der Waals surface area contributed by atoms with Crippen molar-refractivity contribution in [2.24, 2.45) is 0 Å². The lowest BCUT2D eigenvalue weighted by atomic mass is 10.1. The Balaban J connectivity index is 1.55. The standard InChI is InChI=1S/C21H21N3O4/c1-13-6-4-5-7-18(13)21(26)23-22-20(25)16-8-10-17(11-9-16)27-12-19-14(2)24-28-15(19)3/h4-11H,12H2,1-3H3,(H,22,25)(H,23,26). The third-order valence-electron chi connectivity index (χ3n) is 4.36. The van der Waals surface area contributed by atoms with Gasteiger partial charge in [-0.15, -0.1) is 0 Å². The average Bonchev–Trinajstić information content (AvgIpc) is 3.02. The predicted molar refractivity (Wildman–Crippen MR) is 103 cm³/mol. The summed E-state index contributed by atoms with van der Waals surface area (Å²) >= 11 is 0. The Kier molecular flexibility index (Phi) is 5.74. The zero-order chi connectivity index (χ0) is 20.1. The first kappa shape index (κ1) is 19.2. The van der Waals surface area contributed by atoms with E-state index >= 15 is 0 Å². The van der Waals surface area contributed by atoms with Crippen molar-refractivity contribution in [3.8, 4) is 5.75 Å². The Hall–Kier alpha value is -3.61. The molecule has 0 unspecified atom stereocenters. The zero-order valence-corrected chi connectivity index (χ0v) is 15.9. The van der Waals surface area contributed by atoms with E-state index in [1.807, 2.05) is 32.9 Å². The molecule has 3 rings (SSSR count). The Morgan fingerprint density at radius 1 is 0.964 bits per heavy atom. The lowest BCUT2D eigenvalue weighted by molar-refractivity contribution is 0.0846. The first-order valence-electron chi connectivity index (χ1n) is 8.76. The summed E-state index contributed by atoms with van der Waals surface area (Å²) in [6.45, 7) is 5.85. The molecule has 0 spiro atoms. The molecule has 0 bridgehead atoms. The van der Waals surface area contributed by atoms with Gasteiger partial charge in [0.15, 0.2) is 0 Å². The highest BCUT2D eigenvalue weighted by molar-refractivity contribution is 5.99. The molecule has 0 radical (unpaired) electrons. The average molecular weight is 379 g/mol. The van der Waals surface area contributed by atoms with Crippen LogP contribution < -0.4 is 15.6 Å². The summed E-state index contributed by atoms with van der Waals surface area (Å²) in [6, 6.07) is 13.8. The third kappa shape index (κ3) is 4.37. The van der Waals surface area contributed by atoms with Crippen molar-refractivity contribution in [2.75, 3.05) is 0 Å². The van der Waals surface area contributed by atoms with Gasteiger partial charge in [0, 0.05) is 11.1 Å². The Labute approximate surface area is 162 Å². The van der Waals surface area contributed by atoms with Gasteiger partial charge in [0.05, 0.1) is 11.3 Å². The van der Waals surface area contributed by atoms with Gasteiger partial charge in [-0.1, -0.05) is 23.4 Å². The van der Waals surface area contributed by atoms with Gasteiger partial charge < -0.3 is 9.26 Å². The summed E-state index contributed by atoms with van der Waals surface area (Å²) in [4.78, 5) is 24.4. The topological polar surface area (TPSA) is 93.5 Å². The third-order valence-corrected chi connectivity index (χ3v) is 4.36. The summed E-state index contributed by atoms with van der Waals surface area (Å²) in [6.07, 6.45) is 0. The SMILES string of the molecule is Cc1ccccc1C(=O)NNC(=O)c1ccc(OCc2c(C)noc2C)cc1. The lowest BCUT2D eigenvalue weighted by Crippen LogP contribution is -2.41. The Bertz CT molecular complexity index is 974. The van der Waals surface area contributed by atoms with Crippen molar-refractivity contribution < 1.29 is 18.8 Å². The first-order valence-corrected chi connectivity index (χ1v) is 8.76. The number of nitrogens with zero attached hydrogens (tertiary/aromatic N) is 1. The zero-order valence-electron chi connectivity index (χ0n) is 15.9. The number of hydrogen-bond donors (Lipinski definition) is 2. The van der Waals surface area contributed by atoms with Gasteiger partial charge >= 0.3 is 0 Å². The van der Waals surface area contributed by atoms with Crippen LogP contribution in [-0.2, 0) is 6.61 Å². The van der Waals surface area contributed by atoms with Crippen LogP contribution in [0.25, 0.3) is 0 Å². The summed E-state index contributed by atoms with van der Waals surface area (Å²) < 4.78 is 10.8. The molecule has 28 heavy (non-hydrogen) atoms. The van der Waals surface area contributed by atoms with E-state index in [2.05, 4.69) is 16.0 Å². The highest BCUT2D eigenvalue weighted by Crippen LogP contribution is 2.18. The molecule has 0 atom stereocenters. The fourth-order valence-corrected chi connectivity index (χ4v) is 2.65. The first-order chi connectivity index (χ1) is 13.5. The number of nitrogens with one attached hydrogen (secondary N) is 2. The second-order valence-electron chi connectivity index (χ2n) is 6.34. The van der Waals surface area contributed by atoms with Crippen LogP contribution >= 0.6 is 0 Å². The number of aryl methyl sites for hydroxylation is 3. The maximum Gasteiger partial charge on any atom is 0.269 e. The second kappa shape index (κ2) is 8.39. The number of carbonyl (C=O) groups is 2. The van der Waals surface area contributed by atoms with E-state index in [0.717, 1.165) is 22.6 Å². The van der Waals surface area contributed by atoms with Crippen molar-refractivity contribution in [1.29, 1.82) is 0 Å². The van der Waals surface area contributed by atoms with E-state index in [0.29, 0.717) is 23.5 Å². The number of amides is 2. The lowest BCUT2D eigenvalue weighted by Gasteiger charge is -2.10. The normalized spacial score (nSPS) is 10.4. The van der Waals surface area contributed by atoms with Gasteiger partial charge in [-0.25, -0.2) is 0 Å². The van der Waals surface area contributed by atoms with Crippen molar-refractivity contribution in [3.63, 3.8) is 0 Å². The smallest absolute Gasteiger partial charge is 0.269 e. The number of hydrazine groups is 1. The molecule has 0 aliphatic rings. The van der Waals surface area contributed by atoms with Crippen LogP contribution in [0.3, 0.4) is 0 Å². The Morgan fingerprint density at radius 3 is 2.29 bits per heavy atom. The molecule has 144 valence electrons. The molecule has 2 N–H and O–H groups in total. The minimum atomic E-state index is -0.417. The summed E-state index contributed by atoms with van der Waals surface area (Å²) in [7, 11) is 0. The summed E-state index contributed by atoms with van der Waals surface area (Å²) in [5.41, 5.74) is 8.26. The van der Waals surface area contributed by atoms with Gasteiger partial charge in [-0.05, 0) is 56.7 Å². The maximum atomic E-state index is 12.2. The van der Waals surface area contributed by atoms with Gasteiger partial charge in [0.1, 0.15) is 18.1 Å². The van der Waals surface area contributed by atoms with Gasteiger partial charge in [0.25, 0.3) is 11.8 Å². The molecule has 0 aliphatic carbocycles. The van der Waals surface area contributed by atoms with E-state index in [4.69, 9.17) is 9.26 Å². The highest BCUT2D eigenvalue weighted by Gasteiger charge is 2.12. The van der Waals surface area contributed by atoms with Crippen LogP contribution in [0.1, 0.15) is 43.3 Å². The van der Waals surface area contributed by atoms with Crippen LogP contribution in [0.15, 0.2) is 53.1 Å². The van der Waals surface area contributed by atoms with Crippen LogP contribution in [0.4, 0.5) is 0 Å². The number of rotatable bonds is 5. The molecule has 0 saturated carbocycles. The van der Waals surface area contributed by atoms with E-state index in [-0.39, 0.29) is 5.91 Å². The predicted octanol–water partition coefficient (Wildman–Crippen LogP) is 3.25. The van der Waals surface area contributed by atoms with Gasteiger partial charge in [-0.3, -0.25) is 20.4 Å². The number of ether oxygens (including phenoxy) is 1. The summed E-state index contributed by atoms with van der Waals surface area (Å²) in [5, 5.41) is 3.89. The quantitative estimate of drug-likeness (QED) is 0.664. The maximum absolute atomic E-state index is 12.2. The van der Waals surface area contributed by atoms with E-state index in [9.17, 15) is 9.59 Å². The largest absolute Gasteiger partial charge is 0.489 e. The van der Waals surface area contributed by atoms with Crippen molar-refractivity contribution in [2.45, 2.75) is 27.4 Å². The minimum absolute atomic E-state index is 0.333. The molecular weight excluding hydrogens is 358 g/mol.